The van der Waals surface area contributed by atoms with Crippen molar-refractivity contribution in [1.29, 1.82) is 0 Å². The number of hydrogen-bond donors (Lipinski definition) is 0. The maximum Gasteiger partial charge on any atom is 0.135 e. The average Bonchev–Trinajstić information content (AvgIpc) is 3.89. The van der Waals surface area contributed by atoms with E-state index in [0.717, 1.165) is 50.1 Å². The molecule has 1 aliphatic heterocycles. The van der Waals surface area contributed by atoms with Gasteiger partial charge in [-0.2, -0.15) is 6.07 Å². The van der Waals surface area contributed by atoms with Crippen LogP contribution in [-0.2, 0) is 42.7 Å². The van der Waals surface area contributed by atoms with Crippen molar-refractivity contribution in [2.75, 3.05) is 9.80 Å². The maximum absolute atomic E-state index is 6.94. The number of nitrogens with zero attached hydrogens (tertiary/aromatic N) is 4. The molecular formula is C63H67N4OPt-3. The molecule has 6 aromatic carbocycles. The molecule has 9 rings (SSSR count). The predicted molar refractivity (Wildman–Crippen MR) is 286 cm³/mol. The molecule has 0 unspecified atom stereocenters. The molecule has 0 radical (unpaired) electrons. The van der Waals surface area contributed by atoms with Gasteiger partial charge in [0.15, 0.2) is 0 Å². The number of allylic oxidation sites excluding steroid dienone is 1. The fourth-order valence-corrected chi connectivity index (χ4v) is 9.20. The number of aromatic nitrogens is 2. The van der Waals surface area contributed by atoms with E-state index in [1.165, 1.54) is 33.5 Å². The first-order valence-corrected chi connectivity index (χ1v) is 24.1. The van der Waals surface area contributed by atoms with Gasteiger partial charge < -0.3 is 19.1 Å². The van der Waals surface area contributed by atoms with Crippen LogP contribution in [0.2, 0.25) is 0 Å². The van der Waals surface area contributed by atoms with E-state index in [0.29, 0.717) is 11.5 Å². The van der Waals surface area contributed by atoms with Crippen LogP contribution in [0.3, 0.4) is 0 Å². The Hall–Kier alpha value is -5.90. The van der Waals surface area contributed by atoms with Gasteiger partial charge in [0.2, 0.25) is 0 Å². The molecule has 0 saturated carbocycles. The topological polar surface area (TPSA) is 33.5 Å². The summed E-state index contributed by atoms with van der Waals surface area (Å²) in [5.41, 5.74) is 13.2. The zero-order chi connectivity index (χ0) is 48.6. The summed E-state index contributed by atoms with van der Waals surface area (Å²) in [4.78, 5) is 9.60. The van der Waals surface area contributed by atoms with Gasteiger partial charge in [0.25, 0.3) is 0 Å². The molecule has 0 atom stereocenters. The van der Waals surface area contributed by atoms with E-state index in [1.807, 2.05) is 12.3 Å². The summed E-state index contributed by atoms with van der Waals surface area (Å²) in [6, 6.07) is 55.5. The van der Waals surface area contributed by atoms with Crippen LogP contribution in [0.15, 0.2) is 152 Å². The SMILES string of the molecule is CC(C)(C)C1=CN(c2[c-]c(Oc3[c-]c4c(cc3)c3cc(C(C)(C)C)ccc3n4-c3cc(C(C)(C)c4ccccc4)ccn3)cc(-c3ccccc3)c2)[CH-]N1c1cc(C(C)(C)C)cc(C(C)(C)C)c1.[Pt]. The van der Waals surface area contributed by atoms with E-state index in [4.69, 9.17) is 9.72 Å². The maximum atomic E-state index is 6.94. The molecule has 6 heteroatoms. The molecule has 3 heterocycles. The Morgan fingerprint density at radius 3 is 1.77 bits per heavy atom. The third-order valence-electron chi connectivity index (χ3n) is 13.6. The van der Waals surface area contributed by atoms with Crippen LogP contribution in [0.25, 0.3) is 38.8 Å². The molecule has 0 saturated heterocycles. The van der Waals surface area contributed by atoms with Crippen LogP contribution in [0.1, 0.15) is 125 Å². The van der Waals surface area contributed by atoms with Crippen molar-refractivity contribution < 1.29 is 25.8 Å². The molecule has 0 bridgehead atoms. The zero-order valence-corrected chi connectivity index (χ0v) is 45.2. The minimum absolute atomic E-state index is 0. The van der Waals surface area contributed by atoms with Gasteiger partial charge in [0.05, 0.1) is 0 Å². The summed E-state index contributed by atoms with van der Waals surface area (Å²) in [5, 5.41) is 2.25. The molecule has 5 nitrogen and oxygen atoms in total. The first kappa shape index (κ1) is 49.5. The van der Waals surface area contributed by atoms with Gasteiger partial charge in [-0.15, -0.1) is 53.6 Å². The Kier molecular flexibility index (Phi) is 13.0. The first-order chi connectivity index (χ1) is 31.9. The van der Waals surface area contributed by atoms with E-state index in [9.17, 15) is 0 Å². The Balaban J connectivity index is 0.00000642. The Morgan fingerprint density at radius 1 is 0.507 bits per heavy atom. The molecule has 8 aromatic rings. The predicted octanol–water partition coefficient (Wildman–Crippen LogP) is 16.8. The molecule has 0 N–H and O–H groups in total. The summed E-state index contributed by atoms with van der Waals surface area (Å²) in [6.45, 7) is 34.2. The molecule has 0 spiro atoms. The number of anilines is 2. The van der Waals surface area contributed by atoms with Crippen LogP contribution in [0.5, 0.6) is 11.5 Å². The number of hydrogen-bond acceptors (Lipinski definition) is 4. The van der Waals surface area contributed by atoms with Gasteiger partial charge in [0.1, 0.15) is 5.82 Å². The Labute approximate surface area is 426 Å². The smallest absolute Gasteiger partial charge is 0.135 e. The van der Waals surface area contributed by atoms with Crippen LogP contribution < -0.4 is 14.5 Å². The number of fused-ring (bicyclic) bond motifs is 3. The van der Waals surface area contributed by atoms with Gasteiger partial charge in [-0.1, -0.05) is 181 Å². The fourth-order valence-electron chi connectivity index (χ4n) is 9.20. The molecule has 358 valence electrons. The van der Waals surface area contributed by atoms with Crippen molar-refractivity contribution in [1.82, 2.24) is 9.55 Å². The van der Waals surface area contributed by atoms with Gasteiger partial charge in [-0.3, -0.25) is 0 Å². The van der Waals surface area contributed by atoms with Crippen molar-refractivity contribution in [3.63, 3.8) is 0 Å². The molecule has 2 aromatic heterocycles. The van der Waals surface area contributed by atoms with Crippen LogP contribution in [0, 0.1) is 24.2 Å². The monoisotopic (exact) mass is 1090 g/mol. The van der Waals surface area contributed by atoms with Gasteiger partial charge in [-0.25, -0.2) is 4.98 Å². The third-order valence-corrected chi connectivity index (χ3v) is 13.6. The molecule has 1 aliphatic rings. The van der Waals surface area contributed by atoms with Crippen molar-refractivity contribution in [3.05, 3.63) is 198 Å². The second kappa shape index (κ2) is 18.1. The Morgan fingerprint density at radius 2 is 1.14 bits per heavy atom. The van der Waals surface area contributed by atoms with E-state index in [-0.39, 0.29) is 48.1 Å². The van der Waals surface area contributed by atoms with Crippen molar-refractivity contribution >= 4 is 33.2 Å². The second-order valence-electron chi connectivity index (χ2n) is 23.3. The quantitative estimate of drug-likeness (QED) is 0.142. The summed E-state index contributed by atoms with van der Waals surface area (Å²) in [7, 11) is 0. The third kappa shape index (κ3) is 9.96. The number of rotatable bonds is 8. The summed E-state index contributed by atoms with van der Waals surface area (Å²) >= 11 is 0. The summed E-state index contributed by atoms with van der Waals surface area (Å²) < 4.78 is 9.19. The van der Waals surface area contributed by atoms with Crippen LogP contribution >= 0.6 is 0 Å². The fraction of sp³-hybridized carbons (Fsp3) is 0.302. The Bertz CT molecular complexity index is 3160. The summed E-state index contributed by atoms with van der Waals surface area (Å²) in [6.07, 6.45) is 4.19. The number of benzene rings is 6. The van der Waals surface area contributed by atoms with Crippen LogP contribution in [0.4, 0.5) is 11.4 Å². The molecule has 0 fully saturated rings. The van der Waals surface area contributed by atoms with Crippen molar-refractivity contribution in [2.45, 2.75) is 119 Å². The number of ether oxygens (including phenoxy) is 1. The normalized spacial score (nSPS) is 13.8. The standard InChI is InChI=1S/C63H67N4O.Pt/c1-59(2,3)45-25-28-55-54(36-45)53-27-26-51(39-56(53)67(55)58-37-46(29-30-64-58)63(13,14)44-23-19-16-20-24-44)68-52-32-43(42-21-17-15-18-22-42)31-49(38-52)65-40-57(62(10,11)12)66(41-65)50-34-47(60(4,5)6)33-48(35-50)61(7,8)9;/h15-37,40-41H,1-14H3;/q-3;. The van der Waals surface area contributed by atoms with Crippen molar-refractivity contribution in [3.8, 4) is 28.4 Å². The van der Waals surface area contributed by atoms with E-state index < -0.39 is 0 Å². The van der Waals surface area contributed by atoms with Crippen LogP contribution in [-0.4, -0.2) is 9.55 Å². The van der Waals surface area contributed by atoms with Gasteiger partial charge >= 0.3 is 0 Å². The second-order valence-corrected chi connectivity index (χ2v) is 23.3. The molecule has 0 amide bonds. The zero-order valence-electron chi connectivity index (χ0n) is 42.9. The van der Waals surface area contributed by atoms with Crippen molar-refractivity contribution in [2.24, 2.45) is 5.41 Å². The largest absolute Gasteiger partial charge is 0.509 e. The van der Waals surface area contributed by atoms with Gasteiger partial charge in [0, 0.05) is 66.5 Å². The molecule has 0 aliphatic carbocycles. The molecular weight excluding hydrogens is 1020 g/mol. The number of pyridine rings is 1. The first-order valence-electron chi connectivity index (χ1n) is 24.1. The minimum Gasteiger partial charge on any atom is -0.509 e. The molecule has 69 heavy (non-hydrogen) atoms. The minimum atomic E-state index is -0.245. The van der Waals surface area contributed by atoms with Gasteiger partial charge in [-0.05, 0) is 91.5 Å². The van der Waals surface area contributed by atoms with E-state index in [2.05, 4.69) is 264 Å². The summed E-state index contributed by atoms with van der Waals surface area (Å²) in [5.74, 6) is 2.03. The van der Waals surface area contributed by atoms with E-state index in [1.54, 1.807) is 0 Å². The van der Waals surface area contributed by atoms with E-state index >= 15 is 0 Å². The average molecular weight is 1090 g/mol.